The van der Waals surface area contributed by atoms with Gasteiger partial charge in [0.05, 0.1) is 12.7 Å². The van der Waals surface area contributed by atoms with E-state index in [9.17, 15) is 4.39 Å². The summed E-state index contributed by atoms with van der Waals surface area (Å²) >= 11 is 4.78. The van der Waals surface area contributed by atoms with Gasteiger partial charge in [-0.1, -0.05) is 76.2 Å². The number of para-hydroxylation sites is 1. The largest absolute Gasteiger partial charge is 0.496 e. The number of aromatic nitrogens is 3. The smallest absolute Gasteiger partial charge is 0.191 e. The van der Waals surface area contributed by atoms with Crippen molar-refractivity contribution < 1.29 is 9.13 Å². The van der Waals surface area contributed by atoms with Crippen LogP contribution in [0.4, 0.5) is 4.39 Å². The first-order valence-electron chi connectivity index (χ1n) is 9.83. The standard InChI is InChI=1S/C24H21BrFN3OS/c1-30-22-10-6-5-9-20(22)23-27-28-24(29(23)14-13-17-7-3-2-4-8-17)31-16-18-11-12-19(25)15-21(18)26/h2-12,15H,13-14,16H2,1H3. The van der Waals surface area contributed by atoms with Crippen molar-refractivity contribution in [1.29, 1.82) is 0 Å². The number of rotatable bonds is 8. The zero-order valence-electron chi connectivity index (χ0n) is 17.0. The molecule has 4 nitrogen and oxygen atoms in total. The monoisotopic (exact) mass is 497 g/mol. The topological polar surface area (TPSA) is 39.9 Å². The highest BCUT2D eigenvalue weighted by Gasteiger charge is 2.18. The van der Waals surface area contributed by atoms with E-state index in [1.807, 2.05) is 48.5 Å². The van der Waals surface area contributed by atoms with E-state index in [1.54, 1.807) is 13.2 Å². The van der Waals surface area contributed by atoms with Gasteiger partial charge in [-0.2, -0.15) is 0 Å². The van der Waals surface area contributed by atoms with Crippen molar-refractivity contribution in [3.63, 3.8) is 0 Å². The third-order valence-electron chi connectivity index (χ3n) is 4.90. The van der Waals surface area contributed by atoms with Crippen LogP contribution in [-0.2, 0) is 18.7 Å². The van der Waals surface area contributed by atoms with E-state index in [2.05, 4.69) is 42.8 Å². The molecule has 1 aromatic heterocycles. The molecule has 0 aliphatic rings. The van der Waals surface area contributed by atoms with E-state index >= 15 is 0 Å². The molecule has 4 aromatic rings. The van der Waals surface area contributed by atoms with Gasteiger partial charge in [0.1, 0.15) is 11.6 Å². The maximum Gasteiger partial charge on any atom is 0.191 e. The number of halogens is 2. The quantitative estimate of drug-likeness (QED) is 0.264. The van der Waals surface area contributed by atoms with Gasteiger partial charge in [0, 0.05) is 16.8 Å². The average molecular weight is 498 g/mol. The SMILES string of the molecule is COc1ccccc1-c1nnc(SCc2ccc(Br)cc2F)n1CCc1ccccc1. The lowest BCUT2D eigenvalue weighted by molar-refractivity contribution is 0.415. The summed E-state index contributed by atoms with van der Waals surface area (Å²) in [5, 5.41) is 9.65. The molecule has 0 aliphatic carbocycles. The number of aryl methyl sites for hydroxylation is 1. The van der Waals surface area contributed by atoms with E-state index in [4.69, 9.17) is 4.74 Å². The van der Waals surface area contributed by atoms with Crippen molar-refractivity contribution in [2.24, 2.45) is 0 Å². The molecule has 0 fully saturated rings. The van der Waals surface area contributed by atoms with Crippen molar-refractivity contribution in [3.05, 3.63) is 94.2 Å². The van der Waals surface area contributed by atoms with Gasteiger partial charge in [0.2, 0.25) is 0 Å². The molecule has 158 valence electrons. The van der Waals surface area contributed by atoms with E-state index in [-0.39, 0.29) is 5.82 Å². The Hall–Kier alpha value is -2.64. The second kappa shape index (κ2) is 10.1. The van der Waals surface area contributed by atoms with Crippen LogP contribution in [0.2, 0.25) is 0 Å². The Kier molecular flexibility index (Phi) is 7.04. The molecule has 3 aromatic carbocycles. The lowest BCUT2D eigenvalue weighted by Crippen LogP contribution is -2.06. The number of nitrogens with zero attached hydrogens (tertiary/aromatic N) is 3. The molecular weight excluding hydrogens is 477 g/mol. The van der Waals surface area contributed by atoms with Gasteiger partial charge in [-0.3, -0.25) is 0 Å². The molecule has 4 rings (SSSR count). The van der Waals surface area contributed by atoms with Crippen LogP contribution in [0, 0.1) is 5.82 Å². The van der Waals surface area contributed by atoms with Crippen LogP contribution < -0.4 is 4.74 Å². The van der Waals surface area contributed by atoms with Crippen LogP contribution in [0.3, 0.4) is 0 Å². The minimum atomic E-state index is -0.234. The number of ether oxygens (including phenoxy) is 1. The highest BCUT2D eigenvalue weighted by atomic mass is 79.9. The Labute approximate surface area is 193 Å². The van der Waals surface area contributed by atoms with E-state index < -0.39 is 0 Å². The van der Waals surface area contributed by atoms with Crippen LogP contribution in [-0.4, -0.2) is 21.9 Å². The Morgan fingerprint density at radius 3 is 2.55 bits per heavy atom. The summed E-state index contributed by atoms with van der Waals surface area (Å²) in [5.74, 6) is 1.72. The number of benzene rings is 3. The fraction of sp³-hybridized carbons (Fsp3) is 0.167. The molecule has 0 bridgehead atoms. The average Bonchev–Trinajstić information content (AvgIpc) is 3.20. The Morgan fingerprint density at radius 2 is 1.77 bits per heavy atom. The molecular formula is C24H21BrFN3OS. The number of thioether (sulfide) groups is 1. The lowest BCUT2D eigenvalue weighted by Gasteiger charge is -2.12. The first-order valence-corrected chi connectivity index (χ1v) is 11.6. The van der Waals surface area contributed by atoms with E-state index in [1.165, 1.54) is 23.4 Å². The molecule has 0 amide bonds. The van der Waals surface area contributed by atoms with Crippen LogP contribution in [0.25, 0.3) is 11.4 Å². The number of hydrogen-bond donors (Lipinski definition) is 0. The minimum Gasteiger partial charge on any atom is -0.496 e. The second-order valence-corrected chi connectivity index (χ2v) is 8.78. The highest BCUT2D eigenvalue weighted by Crippen LogP contribution is 2.32. The molecule has 1 heterocycles. The van der Waals surface area contributed by atoms with Crippen molar-refractivity contribution >= 4 is 27.7 Å². The maximum absolute atomic E-state index is 14.3. The van der Waals surface area contributed by atoms with Gasteiger partial charge in [-0.05, 0) is 41.8 Å². The Morgan fingerprint density at radius 1 is 1.00 bits per heavy atom. The third kappa shape index (κ3) is 5.17. The van der Waals surface area contributed by atoms with Crippen molar-refractivity contribution in [2.75, 3.05) is 7.11 Å². The zero-order valence-corrected chi connectivity index (χ0v) is 19.4. The molecule has 7 heteroatoms. The van der Waals surface area contributed by atoms with Gasteiger partial charge in [0.15, 0.2) is 11.0 Å². The molecule has 0 saturated heterocycles. The first-order chi connectivity index (χ1) is 15.2. The summed E-state index contributed by atoms with van der Waals surface area (Å²) in [6.07, 6.45) is 0.835. The van der Waals surface area contributed by atoms with Crippen molar-refractivity contribution in [1.82, 2.24) is 14.8 Å². The van der Waals surface area contributed by atoms with Crippen molar-refractivity contribution in [3.8, 4) is 17.1 Å². The second-order valence-electron chi connectivity index (χ2n) is 6.92. The van der Waals surface area contributed by atoms with Gasteiger partial charge < -0.3 is 9.30 Å². The third-order valence-corrected chi connectivity index (χ3v) is 6.41. The fourth-order valence-corrected chi connectivity index (χ4v) is 4.58. The summed E-state index contributed by atoms with van der Waals surface area (Å²) < 4.78 is 22.6. The predicted molar refractivity (Wildman–Crippen MR) is 126 cm³/mol. The summed E-state index contributed by atoms with van der Waals surface area (Å²) in [5.41, 5.74) is 2.74. The fourth-order valence-electron chi connectivity index (χ4n) is 3.29. The summed E-state index contributed by atoms with van der Waals surface area (Å²) in [6, 6.07) is 23.2. The van der Waals surface area contributed by atoms with Crippen LogP contribution in [0.15, 0.2) is 82.4 Å². The lowest BCUT2D eigenvalue weighted by atomic mass is 10.1. The molecule has 0 unspecified atom stereocenters. The molecule has 0 N–H and O–H groups in total. The molecule has 0 saturated carbocycles. The Balaban J connectivity index is 1.64. The van der Waals surface area contributed by atoms with Gasteiger partial charge >= 0.3 is 0 Å². The molecule has 0 spiro atoms. The van der Waals surface area contributed by atoms with Crippen LogP contribution in [0.5, 0.6) is 5.75 Å². The molecule has 31 heavy (non-hydrogen) atoms. The maximum atomic E-state index is 14.3. The first kappa shape index (κ1) is 21.6. The van der Waals surface area contributed by atoms with Crippen molar-refractivity contribution in [2.45, 2.75) is 23.9 Å². The zero-order chi connectivity index (χ0) is 21.6. The van der Waals surface area contributed by atoms with Gasteiger partial charge in [-0.15, -0.1) is 10.2 Å². The summed E-state index contributed by atoms with van der Waals surface area (Å²) in [6.45, 7) is 0.704. The molecule has 0 atom stereocenters. The van der Waals surface area contributed by atoms with E-state index in [0.717, 1.165) is 33.2 Å². The van der Waals surface area contributed by atoms with Gasteiger partial charge in [0.25, 0.3) is 0 Å². The molecule has 0 aliphatic heterocycles. The number of hydrogen-bond acceptors (Lipinski definition) is 4. The van der Waals surface area contributed by atoms with Gasteiger partial charge in [-0.25, -0.2) is 4.39 Å². The Bertz CT molecular complexity index is 1170. The highest BCUT2D eigenvalue weighted by molar-refractivity contribution is 9.10. The summed E-state index contributed by atoms with van der Waals surface area (Å²) in [7, 11) is 1.65. The summed E-state index contributed by atoms with van der Waals surface area (Å²) in [4.78, 5) is 0. The van der Waals surface area contributed by atoms with Crippen LogP contribution in [0.1, 0.15) is 11.1 Å². The van der Waals surface area contributed by atoms with E-state index in [0.29, 0.717) is 17.9 Å². The normalized spacial score (nSPS) is 10.9. The van der Waals surface area contributed by atoms with Crippen LogP contribution >= 0.6 is 27.7 Å². The minimum absolute atomic E-state index is 0.234. The molecule has 0 radical (unpaired) electrons. The number of methoxy groups -OCH3 is 1. The predicted octanol–water partition coefficient (Wildman–Crippen LogP) is 6.39.